The van der Waals surface area contributed by atoms with E-state index < -0.39 is 0 Å². The van der Waals surface area contributed by atoms with Crippen LogP contribution in [0, 0.1) is 20.8 Å². The number of carbonyl (C=O) groups excluding carboxylic acids is 1. The van der Waals surface area contributed by atoms with E-state index in [4.69, 9.17) is 4.74 Å². The van der Waals surface area contributed by atoms with Crippen molar-refractivity contribution in [3.8, 4) is 0 Å². The van der Waals surface area contributed by atoms with Gasteiger partial charge in [-0.15, -0.1) is 0 Å². The molecule has 1 aliphatic rings. The first kappa shape index (κ1) is 14.2. The van der Waals surface area contributed by atoms with E-state index in [0.29, 0.717) is 6.54 Å². The molecular formula is C16H23NO2. The zero-order valence-electron chi connectivity index (χ0n) is 12.3. The molecule has 2 rings (SSSR count). The largest absolute Gasteiger partial charge is 0.380 e. The summed E-state index contributed by atoms with van der Waals surface area (Å²) in [6.45, 7) is 8.48. The first-order valence-electron chi connectivity index (χ1n) is 6.87. The summed E-state index contributed by atoms with van der Waals surface area (Å²) in [6, 6.07) is 4.13. The highest BCUT2D eigenvalue weighted by Crippen LogP contribution is 2.18. The maximum atomic E-state index is 12.4. The van der Waals surface area contributed by atoms with Gasteiger partial charge in [0.1, 0.15) is 0 Å². The van der Waals surface area contributed by atoms with Crippen LogP contribution in [0.3, 0.4) is 0 Å². The number of ether oxygens (including phenoxy) is 1. The van der Waals surface area contributed by atoms with E-state index >= 15 is 0 Å². The molecule has 1 aromatic rings. The van der Waals surface area contributed by atoms with Crippen molar-refractivity contribution in [2.45, 2.75) is 33.3 Å². The lowest BCUT2D eigenvalue weighted by Gasteiger charge is -2.16. The molecule has 0 bridgehead atoms. The van der Waals surface area contributed by atoms with Crippen molar-refractivity contribution in [1.82, 2.24) is 4.90 Å². The molecule has 3 heteroatoms. The summed E-state index contributed by atoms with van der Waals surface area (Å²) in [7, 11) is 1.74. The summed E-state index contributed by atoms with van der Waals surface area (Å²) in [5, 5.41) is 0. The van der Waals surface area contributed by atoms with Gasteiger partial charge in [0, 0.05) is 25.8 Å². The molecular weight excluding hydrogens is 238 g/mol. The third kappa shape index (κ3) is 3.23. The van der Waals surface area contributed by atoms with Crippen molar-refractivity contribution in [1.29, 1.82) is 0 Å². The highest BCUT2D eigenvalue weighted by Gasteiger charge is 2.24. The van der Waals surface area contributed by atoms with Gasteiger partial charge in [-0.25, -0.2) is 0 Å². The molecule has 0 radical (unpaired) electrons. The van der Waals surface area contributed by atoms with E-state index in [-0.39, 0.29) is 11.9 Å². The number of aryl methyl sites for hydroxylation is 3. The van der Waals surface area contributed by atoms with Crippen molar-refractivity contribution in [2.24, 2.45) is 0 Å². The van der Waals surface area contributed by atoms with Gasteiger partial charge in [0.2, 0.25) is 0 Å². The lowest BCUT2D eigenvalue weighted by molar-refractivity contribution is 0.0898. The van der Waals surface area contributed by atoms with Gasteiger partial charge in [-0.05, 0) is 49.9 Å². The highest BCUT2D eigenvalue weighted by atomic mass is 16.5. The summed E-state index contributed by atoms with van der Waals surface area (Å²) in [5.41, 5.74) is 4.37. The zero-order valence-corrected chi connectivity index (χ0v) is 12.3. The monoisotopic (exact) mass is 261 g/mol. The van der Waals surface area contributed by atoms with Crippen LogP contribution in [0.25, 0.3) is 0 Å². The predicted molar refractivity (Wildman–Crippen MR) is 76.8 cm³/mol. The number of hydrogen-bond acceptors (Lipinski definition) is 3. The van der Waals surface area contributed by atoms with Crippen LogP contribution >= 0.6 is 0 Å². The van der Waals surface area contributed by atoms with Crippen LogP contribution in [0.2, 0.25) is 0 Å². The average Bonchev–Trinajstić information content (AvgIpc) is 2.81. The molecule has 1 heterocycles. The minimum atomic E-state index is 0.220. The molecule has 3 nitrogen and oxygen atoms in total. The Kier molecular flexibility index (Phi) is 4.38. The summed E-state index contributed by atoms with van der Waals surface area (Å²) in [6.07, 6.45) is 1.31. The van der Waals surface area contributed by atoms with Gasteiger partial charge in [0.05, 0.1) is 12.6 Å². The molecule has 19 heavy (non-hydrogen) atoms. The van der Waals surface area contributed by atoms with Gasteiger partial charge >= 0.3 is 0 Å². The number of Topliss-reactive ketones (excluding diaryl/α,β-unsaturated/α-hetero) is 1. The number of nitrogens with zero attached hydrogens (tertiary/aromatic N) is 1. The number of methoxy groups -OCH3 is 1. The molecule has 0 amide bonds. The minimum Gasteiger partial charge on any atom is -0.380 e. The van der Waals surface area contributed by atoms with Crippen LogP contribution in [0.15, 0.2) is 12.1 Å². The fourth-order valence-electron chi connectivity index (χ4n) is 2.68. The Labute approximate surface area is 115 Å². The minimum absolute atomic E-state index is 0.220. The first-order chi connectivity index (χ1) is 9.01. The highest BCUT2D eigenvalue weighted by molar-refractivity contribution is 5.99. The summed E-state index contributed by atoms with van der Waals surface area (Å²) >= 11 is 0. The van der Waals surface area contributed by atoms with Crippen LogP contribution in [-0.2, 0) is 4.74 Å². The Morgan fingerprint density at radius 3 is 2.58 bits per heavy atom. The second-order valence-electron chi connectivity index (χ2n) is 5.56. The molecule has 0 aliphatic carbocycles. The first-order valence-corrected chi connectivity index (χ1v) is 6.87. The lowest BCUT2D eigenvalue weighted by Crippen LogP contribution is -2.29. The van der Waals surface area contributed by atoms with Crippen molar-refractivity contribution < 1.29 is 9.53 Å². The Morgan fingerprint density at radius 2 is 1.95 bits per heavy atom. The Hall–Kier alpha value is -1.19. The number of hydrogen-bond donors (Lipinski definition) is 0. The summed E-state index contributed by atoms with van der Waals surface area (Å²) in [4.78, 5) is 14.6. The van der Waals surface area contributed by atoms with Crippen LogP contribution in [0.1, 0.15) is 33.5 Å². The molecule has 1 aliphatic heterocycles. The molecule has 1 unspecified atom stereocenters. The molecule has 1 aromatic carbocycles. The second-order valence-corrected chi connectivity index (χ2v) is 5.56. The Bertz CT molecular complexity index is 482. The maximum absolute atomic E-state index is 12.4. The molecule has 0 spiro atoms. The Morgan fingerprint density at radius 1 is 1.26 bits per heavy atom. The summed E-state index contributed by atoms with van der Waals surface area (Å²) in [5.74, 6) is 0.220. The van der Waals surface area contributed by atoms with Gasteiger partial charge in [0.15, 0.2) is 5.78 Å². The van der Waals surface area contributed by atoms with Crippen molar-refractivity contribution in [3.05, 3.63) is 34.4 Å². The van der Waals surface area contributed by atoms with E-state index in [1.54, 1.807) is 7.11 Å². The fraction of sp³-hybridized carbons (Fsp3) is 0.562. The number of rotatable bonds is 4. The van der Waals surface area contributed by atoms with Crippen LogP contribution in [0.5, 0.6) is 0 Å². The molecule has 1 fully saturated rings. The third-order valence-electron chi connectivity index (χ3n) is 4.07. The third-order valence-corrected chi connectivity index (χ3v) is 4.07. The smallest absolute Gasteiger partial charge is 0.177 e. The normalized spacial score (nSPS) is 19.9. The maximum Gasteiger partial charge on any atom is 0.177 e. The molecule has 0 N–H and O–H groups in total. The summed E-state index contributed by atoms with van der Waals surface area (Å²) < 4.78 is 5.33. The Balaban J connectivity index is 2.06. The molecule has 104 valence electrons. The number of ketones is 1. The quantitative estimate of drug-likeness (QED) is 0.780. The lowest BCUT2D eigenvalue weighted by atomic mass is 9.98. The van der Waals surface area contributed by atoms with Crippen molar-refractivity contribution in [3.63, 3.8) is 0 Å². The predicted octanol–water partition coefficient (Wildman–Crippen LogP) is 2.52. The van der Waals surface area contributed by atoms with Gasteiger partial charge in [-0.2, -0.15) is 0 Å². The van der Waals surface area contributed by atoms with E-state index in [1.165, 1.54) is 11.1 Å². The van der Waals surface area contributed by atoms with E-state index in [9.17, 15) is 4.79 Å². The standard InChI is InChI=1S/C16H23NO2/c1-11-7-13(3)15(8-12(11)2)16(18)10-17-6-5-14(9-17)19-4/h7-8,14H,5-6,9-10H2,1-4H3. The molecule has 0 aromatic heterocycles. The second kappa shape index (κ2) is 5.85. The molecule has 0 saturated carbocycles. The van der Waals surface area contributed by atoms with E-state index in [0.717, 1.165) is 30.6 Å². The SMILES string of the molecule is COC1CCN(CC(=O)c2cc(C)c(C)cc2C)C1. The molecule has 1 atom stereocenters. The van der Waals surface area contributed by atoms with E-state index in [1.807, 2.05) is 13.0 Å². The van der Waals surface area contributed by atoms with E-state index in [2.05, 4.69) is 24.8 Å². The van der Waals surface area contributed by atoms with Crippen molar-refractivity contribution in [2.75, 3.05) is 26.7 Å². The van der Waals surface area contributed by atoms with Gasteiger partial charge < -0.3 is 4.74 Å². The molecule has 1 saturated heterocycles. The van der Waals surface area contributed by atoms with Crippen LogP contribution < -0.4 is 0 Å². The van der Waals surface area contributed by atoms with Crippen LogP contribution in [-0.4, -0.2) is 43.5 Å². The zero-order chi connectivity index (χ0) is 14.0. The fourth-order valence-corrected chi connectivity index (χ4v) is 2.68. The number of carbonyl (C=O) groups is 1. The number of likely N-dealkylation sites (tertiary alicyclic amines) is 1. The number of benzene rings is 1. The van der Waals surface area contributed by atoms with Gasteiger partial charge in [0.25, 0.3) is 0 Å². The average molecular weight is 261 g/mol. The van der Waals surface area contributed by atoms with Gasteiger partial charge in [-0.3, -0.25) is 9.69 Å². The van der Waals surface area contributed by atoms with Crippen molar-refractivity contribution >= 4 is 5.78 Å². The van der Waals surface area contributed by atoms with Crippen LogP contribution in [0.4, 0.5) is 0 Å². The van der Waals surface area contributed by atoms with Gasteiger partial charge in [-0.1, -0.05) is 6.07 Å². The topological polar surface area (TPSA) is 29.5 Å².